The number of hydrogen-bond donors (Lipinski definition) is 0. The van der Waals surface area contributed by atoms with Gasteiger partial charge in [-0.3, -0.25) is 0 Å². The van der Waals surface area contributed by atoms with E-state index in [1.54, 1.807) is 7.11 Å². The molecule has 2 aromatic carbocycles. The van der Waals surface area contributed by atoms with E-state index >= 15 is 0 Å². The van der Waals surface area contributed by atoms with Crippen molar-refractivity contribution < 1.29 is 9.47 Å². The lowest BCUT2D eigenvalue weighted by atomic mass is 9.91. The minimum absolute atomic E-state index is 0.826. The van der Waals surface area contributed by atoms with Crippen LogP contribution in [0.15, 0.2) is 58.6 Å². The van der Waals surface area contributed by atoms with E-state index in [0.29, 0.717) is 0 Å². The molecule has 1 aliphatic rings. The Morgan fingerprint density at radius 1 is 1.14 bits per heavy atom. The summed E-state index contributed by atoms with van der Waals surface area (Å²) in [5, 5.41) is 0. The van der Waals surface area contributed by atoms with Crippen molar-refractivity contribution in [3.05, 3.63) is 69.7 Å². The zero-order valence-electron chi connectivity index (χ0n) is 12.1. The summed E-state index contributed by atoms with van der Waals surface area (Å²) in [4.78, 5) is 0. The van der Waals surface area contributed by atoms with Crippen molar-refractivity contribution in [2.75, 3.05) is 7.11 Å². The van der Waals surface area contributed by atoms with Crippen LogP contribution in [0.4, 0.5) is 0 Å². The third-order valence-corrected chi connectivity index (χ3v) is 4.30. The van der Waals surface area contributed by atoms with Crippen molar-refractivity contribution in [1.82, 2.24) is 0 Å². The first kappa shape index (κ1) is 14.4. The zero-order valence-corrected chi connectivity index (χ0v) is 13.7. The maximum Gasteiger partial charge on any atom is 0.260 e. The Kier molecular flexibility index (Phi) is 3.87. The lowest BCUT2D eigenvalue weighted by Crippen LogP contribution is -2.39. The van der Waals surface area contributed by atoms with Gasteiger partial charge in [0.2, 0.25) is 0 Å². The van der Waals surface area contributed by atoms with Crippen molar-refractivity contribution in [2.24, 2.45) is 0 Å². The number of rotatable bonds is 3. The Hall–Kier alpha value is -1.58. The average Bonchev–Trinajstić information content (AvgIpc) is 2.54. The fourth-order valence-corrected chi connectivity index (χ4v) is 3.09. The highest BCUT2D eigenvalue weighted by atomic mass is 79.9. The first-order valence-corrected chi connectivity index (χ1v) is 7.79. The number of halogens is 1. The highest BCUT2D eigenvalue weighted by Crippen LogP contribution is 2.44. The summed E-state index contributed by atoms with van der Waals surface area (Å²) in [5.74, 6) is -0.0173. The molecule has 2 aromatic rings. The molecule has 0 radical (unpaired) electrons. The summed E-state index contributed by atoms with van der Waals surface area (Å²) in [6.07, 6.45) is 3.03. The van der Waals surface area contributed by atoms with E-state index in [0.717, 1.165) is 33.3 Å². The zero-order chi connectivity index (χ0) is 14.9. The van der Waals surface area contributed by atoms with E-state index in [2.05, 4.69) is 35.0 Å². The molecule has 0 saturated heterocycles. The smallest absolute Gasteiger partial charge is 0.260 e. The monoisotopic (exact) mass is 344 g/mol. The van der Waals surface area contributed by atoms with Gasteiger partial charge in [-0.1, -0.05) is 59.3 Å². The van der Waals surface area contributed by atoms with E-state index < -0.39 is 5.79 Å². The molecule has 3 heteroatoms. The van der Waals surface area contributed by atoms with Crippen molar-refractivity contribution in [3.63, 3.8) is 0 Å². The summed E-state index contributed by atoms with van der Waals surface area (Å²) >= 11 is 3.50. The van der Waals surface area contributed by atoms with Gasteiger partial charge in [0.1, 0.15) is 5.75 Å². The number of ether oxygens (including phenoxy) is 2. The highest BCUT2D eigenvalue weighted by Gasteiger charge is 2.41. The summed E-state index contributed by atoms with van der Waals surface area (Å²) in [5.41, 5.74) is 3.20. The molecule has 0 spiro atoms. The van der Waals surface area contributed by atoms with Crippen LogP contribution >= 0.6 is 15.9 Å². The molecule has 0 aromatic heterocycles. The molecular weight excluding hydrogens is 328 g/mol. The molecule has 0 aliphatic carbocycles. The second kappa shape index (κ2) is 5.66. The molecule has 0 fully saturated rings. The van der Waals surface area contributed by atoms with Crippen LogP contribution in [0.2, 0.25) is 0 Å². The Bertz CT molecular complexity index is 679. The molecule has 2 nitrogen and oxygen atoms in total. The molecular formula is C18H17BrO2. The number of hydrogen-bond acceptors (Lipinski definition) is 2. The van der Waals surface area contributed by atoms with Crippen molar-refractivity contribution >= 4 is 22.0 Å². The lowest BCUT2D eigenvalue weighted by Gasteiger charge is -2.38. The van der Waals surface area contributed by atoms with E-state index in [1.807, 2.05) is 42.5 Å². The quantitative estimate of drug-likeness (QED) is 0.767. The number of methoxy groups -OCH3 is 1. The molecule has 1 heterocycles. The van der Waals surface area contributed by atoms with E-state index in [4.69, 9.17) is 9.47 Å². The Balaban J connectivity index is 2.18. The van der Waals surface area contributed by atoms with Crippen LogP contribution in [-0.2, 0) is 10.5 Å². The second-order valence-electron chi connectivity index (χ2n) is 4.99. The predicted molar refractivity (Wildman–Crippen MR) is 88.2 cm³/mol. The van der Waals surface area contributed by atoms with Crippen molar-refractivity contribution in [1.29, 1.82) is 0 Å². The molecule has 3 rings (SSSR count). The summed E-state index contributed by atoms with van der Waals surface area (Å²) in [7, 11) is 1.69. The molecule has 1 atom stereocenters. The van der Waals surface area contributed by atoms with Crippen LogP contribution in [0.1, 0.15) is 24.5 Å². The maximum absolute atomic E-state index is 6.32. The number of fused-ring (bicyclic) bond motifs is 1. The van der Waals surface area contributed by atoms with Gasteiger partial charge >= 0.3 is 0 Å². The van der Waals surface area contributed by atoms with E-state index in [1.165, 1.54) is 0 Å². The average molecular weight is 345 g/mol. The lowest BCUT2D eigenvalue weighted by molar-refractivity contribution is -0.144. The van der Waals surface area contributed by atoms with Gasteiger partial charge in [0, 0.05) is 28.3 Å². The van der Waals surface area contributed by atoms with Gasteiger partial charge in [-0.15, -0.1) is 0 Å². The van der Waals surface area contributed by atoms with Crippen LogP contribution in [0.5, 0.6) is 5.75 Å². The van der Waals surface area contributed by atoms with Gasteiger partial charge in [0.25, 0.3) is 5.79 Å². The summed E-state index contributed by atoms with van der Waals surface area (Å²) in [6.45, 7) is 2.12. The third-order valence-electron chi connectivity index (χ3n) is 3.80. The second-order valence-corrected chi connectivity index (χ2v) is 5.91. The van der Waals surface area contributed by atoms with Crippen LogP contribution in [-0.4, -0.2) is 7.11 Å². The van der Waals surface area contributed by atoms with Crippen LogP contribution in [0, 0.1) is 0 Å². The molecule has 1 unspecified atom stereocenters. The SMILES string of the molecule is CCC1=Cc2ccc(Br)cc2OC1(OC)c1ccccc1. The number of benzene rings is 2. The minimum Gasteiger partial charge on any atom is -0.453 e. The molecule has 0 amide bonds. The molecule has 21 heavy (non-hydrogen) atoms. The summed E-state index contributed by atoms with van der Waals surface area (Å²) in [6, 6.07) is 16.1. The van der Waals surface area contributed by atoms with Gasteiger partial charge < -0.3 is 9.47 Å². The third kappa shape index (κ3) is 2.41. The largest absolute Gasteiger partial charge is 0.453 e. The summed E-state index contributed by atoms with van der Waals surface area (Å²) < 4.78 is 13.2. The highest BCUT2D eigenvalue weighted by molar-refractivity contribution is 9.10. The van der Waals surface area contributed by atoms with Gasteiger partial charge in [-0.25, -0.2) is 0 Å². The standard InChI is InChI=1S/C18H17BrO2/c1-3-14-11-13-9-10-16(19)12-17(13)21-18(14,20-2)15-7-5-4-6-8-15/h4-12H,3H2,1-2H3. The topological polar surface area (TPSA) is 18.5 Å². The molecule has 0 N–H and O–H groups in total. The van der Waals surface area contributed by atoms with Gasteiger partial charge in [0.15, 0.2) is 0 Å². The van der Waals surface area contributed by atoms with Crippen LogP contribution in [0.3, 0.4) is 0 Å². The van der Waals surface area contributed by atoms with E-state index in [-0.39, 0.29) is 0 Å². The van der Waals surface area contributed by atoms with Crippen molar-refractivity contribution in [3.8, 4) is 5.75 Å². The molecule has 1 aliphatic heterocycles. The molecule has 0 saturated carbocycles. The van der Waals surface area contributed by atoms with Gasteiger partial charge in [-0.05, 0) is 24.6 Å². The van der Waals surface area contributed by atoms with Crippen molar-refractivity contribution in [2.45, 2.75) is 19.1 Å². The normalized spacial score (nSPS) is 20.4. The Morgan fingerprint density at radius 2 is 1.90 bits per heavy atom. The Morgan fingerprint density at radius 3 is 2.57 bits per heavy atom. The van der Waals surface area contributed by atoms with E-state index in [9.17, 15) is 0 Å². The first-order valence-electron chi connectivity index (χ1n) is 7.00. The Labute approximate surface area is 133 Å². The predicted octanol–water partition coefficient (Wildman–Crippen LogP) is 5.13. The van der Waals surface area contributed by atoms with Crippen LogP contribution in [0.25, 0.3) is 6.08 Å². The van der Waals surface area contributed by atoms with Gasteiger partial charge in [0.05, 0.1) is 0 Å². The van der Waals surface area contributed by atoms with Gasteiger partial charge in [-0.2, -0.15) is 0 Å². The fraction of sp³-hybridized carbons (Fsp3) is 0.222. The maximum atomic E-state index is 6.32. The van der Waals surface area contributed by atoms with Crippen LogP contribution < -0.4 is 4.74 Å². The molecule has 108 valence electrons. The minimum atomic E-state index is -0.843. The molecule has 0 bridgehead atoms. The fourth-order valence-electron chi connectivity index (χ4n) is 2.75. The first-order chi connectivity index (χ1) is 10.2.